The van der Waals surface area contributed by atoms with Crippen LogP contribution in [0.15, 0.2) is 41.0 Å². The van der Waals surface area contributed by atoms with Crippen LogP contribution in [-0.4, -0.2) is 20.0 Å². The summed E-state index contributed by atoms with van der Waals surface area (Å²) in [6.45, 7) is 6.87. The van der Waals surface area contributed by atoms with Gasteiger partial charge in [-0.25, -0.2) is 0 Å². The van der Waals surface area contributed by atoms with Crippen molar-refractivity contribution in [2.75, 3.05) is 14.2 Å². The summed E-state index contributed by atoms with van der Waals surface area (Å²) in [5, 5.41) is 0. The Kier molecular flexibility index (Phi) is 6.32. The molecule has 0 radical (unpaired) electrons. The van der Waals surface area contributed by atoms with Gasteiger partial charge in [-0.1, -0.05) is 31.6 Å². The van der Waals surface area contributed by atoms with Gasteiger partial charge in [-0.3, -0.25) is 4.79 Å². The van der Waals surface area contributed by atoms with Gasteiger partial charge in [0.1, 0.15) is 0 Å². The Balaban J connectivity index is 1.81. The number of benzene rings is 1. The molecule has 0 saturated heterocycles. The lowest BCUT2D eigenvalue weighted by molar-refractivity contribution is -0.120. The van der Waals surface area contributed by atoms with Crippen LogP contribution in [0.2, 0.25) is 0 Å². The lowest BCUT2D eigenvalue weighted by Crippen LogP contribution is -2.25. The number of allylic oxidation sites excluding steroid dienone is 4. The molecule has 0 N–H and O–H groups in total. The van der Waals surface area contributed by atoms with Crippen molar-refractivity contribution in [3.63, 3.8) is 0 Å². The van der Waals surface area contributed by atoms with Gasteiger partial charge in [0.15, 0.2) is 17.3 Å². The maximum atomic E-state index is 13.3. The molecule has 28 heavy (non-hydrogen) atoms. The predicted octanol–water partition coefficient (Wildman–Crippen LogP) is 6.07. The minimum atomic E-state index is 0.0608. The summed E-state index contributed by atoms with van der Waals surface area (Å²) in [7, 11) is 3.29. The summed E-state index contributed by atoms with van der Waals surface area (Å²) < 4.78 is 10.7. The van der Waals surface area contributed by atoms with Crippen molar-refractivity contribution in [2.24, 2.45) is 11.3 Å². The molecule has 1 fully saturated rings. The first-order chi connectivity index (χ1) is 13.4. The quantitative estimate of drug-likeness (QED) is 0.580. The summed E-state index contributed by atoms with van der Waals surface area (Å²) in [6.07, 6.45) is 9.58. The summed E-state index contributed by atoms with van der Waals surface area (Å²) in [5.74, 6) is 1.85. The minimum Gasteiger partial charge on any atom is -0.493 e. The van der Waals surface area contributed by atoms with E-state index in [2.05, 4.69) is 26.8 Å². The van der Waals surface area contributed by atoms with Crippen LogP contribution in [0.3, 0.4) is 0 Å². The molecule has 0 aromatic heterocycles. The van der Waals surface area contributed by atoms with Crippen molar-refractivity contribution >= 4 is 5.78 Å². The molecule has 0 heterocycles. The zero-order chi connectivity index (χ0) is 20.3. The van der Waals surface area contributed by atoms with E-state index >= 15 is 0 Å². The average molecular weight is 383 g/mol. The first kappa shape index (κ1) is 20.7. The molecule has 3 nitrogen and oxygen atoms in total. The molecule has 3 heteroatoms. The zero-order valence-corrected chi connectivity index (χ0v) is 18.1. The predicted molar refractivity (Wildman–Crippen MR) is 114 cm³/mol. The molecule has 3 rings (SSSR count). The Bertz CT molecular complexity index is 798. The normalized spacial score (nSPS) is 23.8. The molecule has 0 amide bonds. The van der Waals surface area contributed by atoms with Gasteiger partial charge in [0, 0.05) is 5.92 Å². The number of hydrogen-bond donors (Lipinski definition) is 0. The Morgan fingerprint density at radius 1 is 1.11 bits per heavy atom. The highest BCUT2D eigenvalue weighted by atomic mass is 16.5. The number of rotatable bonds is 5. The number of carbonyl (C=O) groups excluding carboxylic acids is 1. The summed E-state index contributed by atoms with van der Waals surface area (Å²) >= 11 is 0. The highest BCUT2D eigenvalue weighted by Crippen LogP contribution is 2.42. The van der Waals surface area contributed by atoms with Gasteiger partial charge < -0.3 is 9.47 Å². The first-order valence-electron chi connectivity index (χ1n) is 10.5. The third kappa shape index (κ3) is 4.34. The van der Waals surface area contributed by atoms with Crippen LogP contribution < -0.4 is 9.47 Å². The summed E-state index contributed by atoms with van der Waals surface area (Å²) in [4.78, 5) is 13.3. The fraction of sp³-hybridized carbons (Fsp3) is 0.560. The van der Waals surface area contributed by atoms with Gasteiger partial charge in [0.2, 0.25) is 0 Å². The molecule has 0 bridgehead atoms. The second-order valence-electron chi connectivity index (χ2n) is 8.95. The van der Waals surface area contributed by atoms with Gasteiger partial charge in [-0.15, -0.1) is 0 Å². The lowest BCUT2D eigenvalue weighted by Gasteiger charge is -2.34. The van der Waals surface area contributed by atoms with Crippen molar-refractivity contribution in [3.8, 4) is 11.5 Å². The molecule has 1 atom stereocenters. The fourth-order valence-corrected chi connectivity index (χ4v) is 4.82. The van der Waals surface area contributed by atoms with Crippen LogP contribution in [0, 0.1) is 11.3 Å². The van der Waals surface area contributed by atoms with Crippen LogP contribution in [0.1, 0.15) is 64.9 Å². The number of Topliss-reactive ketones (excluding diaryl/α,β-unsaturated/α-hetero) is 1. The van der Waals surface area contributed by atoms with Crippen LogP contribution in [0.4, 0.5) is 0 Å². The van der Waals surface area contributed by atoms with Crippen LogP contribution >= 0.6 is 0 Å². The number of ketones is 1. The van der Waals surface area contributed by atoms with E-state index in [1.54, 1.807) is 14.2 Å². The second kappa shape index (κ2) is 8.55. The lowest BCUT2D eigenvalue weighted by atomic mass is 9.71. The topological polar surface area (TPSA) is 35.5 Å². The monoisotopic (exact) mass is 382 g/mol. The van der Waals surface area contributed by atoms with E-state index in [1.807, 2.05) is 18.2 Å². The van der Waals surface area contributed by atoms with Crippen molar-refractivity contribution in [1.29, 1.82) is 0 Å². The van der Waals surface area contributed by atoms with E-state index < -0.39 is 0 Å². The molecule has 0 aliphatic heterocycles. The van der Waals surface area contributed by atoms with Crippen molar-refractivity contribution in [1.82, 2.24) is 0 Å². The standard InChI is InChI=1S/C25H34O3/c1-17-8-7-13-25(2,3)21(17)16-20-10-6-9-19(24(20)26)14-18-11-12-22(27-4)23(15-18)28-5/h11-12,15-16,19H,6-10,13-14H2,1-5H3/b20-16+. The van der Waals surface area contributed by atoms with Gasteiger partial charge in [0.05, 0.1) is 14.2 Å². The molecule has 2 aliphatic rings. The minimum absolute atomic E-state index is 0.0608. The van der Waals surface area contributed by atoms with Gasteiger partial charge >= 0.3 is 0 Å². The van der Waals surface area contributed by atoms with Crippen LogP contribution in [0.5, 0.6) is 11.5 Å². The molecule has 152 valence electrons. The number of hydrogen-bond acceptors (Lipinski definition) is 3. The van der Waals surface area contributed by atoms with Crippen molar-refractivity contribution in [2.45, 2.75) is 65.7 Å². The van der Waals surface area contributed by atoms with E-state index in [0.717, 1.165) is 54.7 Å². The Labute approximate surface area is 169 Å². The smallest absolute Gasteiger partial charge is 0.162 e. The Morgan fingerprint density at radius 2 is 1.86 bits per heavy atom. The van der Waals surface area contributed by atoms with E-state index in [9.17, 15) is 4.79 Å². The fourth-order valence-electron chi connectivity index (χ4n) is 4.82. The van der Waals surface area contributed by atoms with Gasteiger partial charge in [0.25, 0.3) is 0 Å². The highest BCUT2D eigenvalue weighted by Gasteiger charge is 2.31. The van der Waals surface area contributed by atoms with Gasteiger partial charge in [-0.2, -0.15) is 0 Å². The average Bonchev–Trinajstić information content (AvgIpc) is 2.67. The summed E-state index contributed by atoms with van der Waals surface area (Å²) in [6, 6.07) is 5.97. The van der Waals surface area contributed by atoms with E-state index in [4.69, 9.17) is 9.47 Å². The van der Waals surface area contributed by atoms with Crippen molar-refractivity contribution in [3.05, 3.63) is 46.6 Å². The largest absolute Gasteiger partial charge is 0.493 e. The Morgan fingerprint density at radius 3 is 2.54 bits per heavy atom. The molecule has 1 saturated carbocycles. The van der Waals surface area contributed by atoms with E-state index in [-0.39, 0.29) is 11.3 Å². The van der Waals surface area contributed by atoms with E-state index in [1.165, 1.54) is 24.0 Å². The first-order valence-corrected chi connectivity index (χ1v) is 10.5. The maximum absolute atomic E-state index is 13.3. The molecule has 1 aromatic rings. The van der Waals surface area contributed by atoms with Crippen LogP contribution in [-0.2, 0) is 11.2 Å². The number of ether oxygens (including phenoxy) is 2. The molecule has 1 aromatic carbocycles. The van der Waals surface area contributed by atoms with E-state index in [0.29, 0.717) is 5.78 Å². The Hall–Kier alpha value is -2.03. The zero-order valence-electron chi connectivity index (χ0n) is 18.1. The third-order valence-corrected chi connectivity index (χ3v) is 6.48. The SMILES string of the molecule is COc1ccc(CC2CCC/C(=C\C3=C(C)CCCC3(C)C)C2=O)cc1OC. The highest BCUT2D eigenvalue weighted by molar-refractivity contribution is 5.98. The number of methoxy groups -OCH3 is 2. The number of carbonyl (C=O) groups is 1. The second-order valence-corrected chi connectivity index (χ2v) is 8.95. The molecule has 0 spiro atoms. The molecular formula is C25H34O3. The van der Waals surface area contributed by atoms with Crippen molar-refractivity contribution < 1.29 is 14.3 Å². The van der Waals surface area contributed by atoms with Crippen LogP contribution in [0.25, 0.3) is 0 Å². The summed E-state index contributed by atoms with van der Waals surface area (Å²) in [5.41, 5.74) is 5.19. The molecular weight excluding hydrogens is 348 g/mol. The third-order valence-electron chi connectivity index (χ3n) is 6.48. The molecule has 2 aliphatic carbocycles. The molecule has 1 unspecified atom stereocenters. The van der Waals surface area contributed by atoms with Gasteiger partial charge in [-0.05, 0) is 86.1 Å². The maximum Gasteiger partial charge on any atom is 0.162 e.